The van der Waals surface area contributed by atoms with Gasteiger partial charge in [0, 0.05) is 22.5 Å². The molecule has 142 valence electrons. The van der Waals surface area contributed by atoms with Gasteiger partial charge in [-0.3, -0.25) is 9.59 Å². The minimum absolute atomic E-state index is 0.119. The summed E-state index contributed by atoms with van der Waals surface area (Å²) in [5.41, 5.74) is 1.66. The molecule has 27 heavy (non-hydrogen) atoms. The third-order valence-electron chi connectivity index (χ3n) is 3.63. The van der Waals surface area contributed by atoms with Crippen LogP contribution in [0.2, 0.25) is 5.02 Å². The van der Waals surface area contributed by atoms with E-state index in [-0.39, 0.29) is 6.42 Å². The first-order chi connectivity index (χ1) is 12.9. The van der Waals surface area contributed by atoms with Crippen molar-refractivity contribution in [1.29, 1.82) is 5.26 Å². The molecule has 8 heteroatoms. The Morgan fingerprint density at radius 1 is 1.37 bits per heavy atom. The Labute approximate surface area is 166 Å². The number of esters is 1. The zero-order valence-corrected chi connectivity index (χ0v) is 16.6. The van der Waals surface area contributed by atoms with Crippen molar-refractivity contribution in [2.75, 3.05) is 13.2 Å². The summed E-state index contributed by atoms with van der Waals surface area (Å²) in [6.07, 6.45) is 0.565. The van der Waals surface area contributed by atoms with E-state index in [1.165, 1.54) is 11.3 Å². The molecule has 1 aromatic heterocycles. The van der Waals surface area contributed by atoms with Crippen LogP contribution in [0.1, 0.15) is 35.0 Å². The van der Waals surface area contributed by atoms with E-state index in [4.69, 9.17) is 21.1 Å². The van der Waals surface area contributed by atoms with Crippen LogP contribution in [0.3, 0.4) is 0 Å². The van der Waals surface area contributed by atoms with Gasteiger partial charge in [-0.15, -0.1) is 11.3 Å². The molecular formula is C19H19ClN2O4S. The highest BCUT2D eigenvalue weighted by atomic mass is 35.5. The maximum Gasteiger partial charge on any atom is 0.306 e. The molecule has 0 amide bonds. The number of halogens is 1. The van der Waals surface area contributed by atoms with E-state index in [1.807, 2.05) is 13.0 Å². The highest BCUT2D eigenvalue weighted by Crippen LogP contribution is 2.22. The number of nitriles is 1. The number of thiazole rings is 1. The van der Waals surface area contributed by atoms with Crippen LogP contribution < -0.4 is 4.74 Å². The van der Waals surface area contributed by atoms with Gasteiger partial charge < -0.3 is 9.47 Å². The summed E-state index contributed by atoms with van der Waals surface area (Å²) in [5.74, 6) is -1.29. The van der Waals surface area contributed by atoms with Gasteiger partial charge in [-0.05, 0) is 44.0 Å². The number of nitrogens with zero attached hydrogens (tertiary/aromatic N) is 2. The van der Waals surface area contributed by atoms with Crippen molar-refractivity contribution >= 4 is 34.7 Å². The van der Waals surface area contributed by atoms with Crippen LogP contribution in [0.15, 0.2) is 23.6 Å². The van der Waals surface area contributed by atoms with E-state index in [9.17, 15) is 14.9 Å². The molecule has 0 aliphatic carbocycles. The molecule has 6 nitrogen and oxygen atoms in total. The maximum atomic E-state index is 12.1. The van der Waals surface area contributed by atoms with E-state index in [0.29, 0.717) is 28.8 Å². The van der Waals surface area contributed by atoms with E-state index < -0.39 is 24.3 Å². The van der Waals surface area contributed by atoms with Crippen LogP contribution in [0.25, 0.3) is 0 Å². The molecule has 1 heterocycles. The summed E-state index contributed by atoms with van der Waals surface area (Å²) in [6.45, 7) is 3.57. The molecule has 1 aromatic carbocycles. The molecule has 1 atom stereocenters. The van der Waals surface area contributed by atoms with Gasteiger partial charge in [0.25, 0.3) is 0 Å². The van der Waals surface area contributed by atoms with E-state index in [1.54, 1.807) is 30.5 Å². The fourth-order valence-electron chi connectivity index (χ4n) is 2.25. The molecule has 0 aliphatic heterocycles. The molecule has 0 spiro atoms. The summed E-state index contributed by atoms with van der Waals surface area (Å²) in [4.78, 5) is 28.0. The topological polar surface area (TPSA) is 89.3 Å². The minimum Gasteiger partial charge on any atom is -0.493 e. The molecule has 0 saturated heterocycles. The summed E-state index contributed by atoms with van der Waals surface area (Å²) in [6, 6.07) is 7.22. The van der Waals surface area contributed by atoms with Crippen molar-refractivity contribution in [2.45, 2.75) is 32.6 Å². The number of aryl methyl sites for hydroxylation is 2. The molecule has 2 aromatic rings. The average Bonchev–Trinajstić information content (AvgIpc) is 3.05. The van der Waals surface area contributed by atoms with Crippen molar-refractivity contribution in [2.24, 2.45) is 0 Å². The van der Waals surface area contributed by atoms with Crippen molar-refractivity contribution < 1.29 is 19.1 Å². The second-order valence-corrected chi connectivity index (χ2v) is 7.20. The molecular weight excluding hydrogens is 388 g/mol. The Hall–Kier alpha value is -2.43. The lowest BCUT2D eigenvalue weighted by Crippen LogP contribution is -2.20. The number of rotatable bonds is 9. The first-order valence-corrected chi connectivity index (χ1v) is 9.55. The lowest BCUT2D eigenvalue weighted by molar-refractivity contribution is -0.148. The first kappa shape index (κ1) is 20.9. The van der Waals surface area contributed by atoms with E-state index >= 15 is 0 Å². The number of hydrogen-bond acceptors (Lipinski definition) is 7. The number of ether oxygens (including phenoxy) is 2. The normalized spacial score (nSPS) is 11.5. The number of aromatic nitrogens is 1. The van der Waals surface area contributed by atoms with Crippen LogP contribution >= 0.6 is 22.9 Å². The standard InChI is InChI=1S/C19H19ClN2O4S/c1-12-8-14(20)5-6-17(12)25-7-3-4-18(24)26-10-16(23)15(9-21)19-22-13(2)11-27-19/h5-6,8,11,15H,3-4,7,10H2,1-2H3/t15-/m1/s1. The van der Waals surface area contributed by atoms with Gasteiger partial charge in [0.2, 0.25) is 0 Å². The fourth-order valence-corrected chi connectivity index (χ4v) is 3.34. The molecule has 2 rings (SSSR count). The van der Waals surface area contributed by atoms with E-state index in [2.05, 4.69) is 4.98 Å². The maximum absolute atomic E-state index is 12.1. The van der Waals surface area contributed by atoms with E-state index in [0.717, 1.165) is 11.3 Å². The van der Waals surface area contributed by atoms with Crippen molar-refractivity contribution in [3.63, 3.8) is 0 Å². The number of ketones is 1. The largest absolute Gasteiger partial charge is 0.493 e. The molecule has 0 aliphatic rings. The molecule has 0 fully saturated rings. The molecule has 0 unspecified atom stereocenters. The predicted molar refractivity (Wildman–Crippen MR) is 102 cm³/mol. The third-order valence-corrected chi connectivity index (χ3v) is 4.89. The smallest absolute Gasteiger partial charge is 0.306 e. The Kier molecular flexibility index (Phi) is 7.77. The van der Waals surface area contributed by atoms with Crippen LogP contribution in [0.5, 0.6) is 5.75 Å². The lowest BCUT2D eigenvalue weighted by atomic mass is 10.1. The molecule has 0 N–H and O–H groups in total. The Bertz CT molecular complexity index is 860. The fraction of sp³-hybridized carbons (Fsp3) is 0.368. The number of Topliss-reactive ketones (excluding diaryl/α,β-unsaturated/α-hetero) is 1. The Morgan fingerprint density at radius 3 is 2.78 bits per heavy atom. The van der Waals surface area contributed by atoms with Gasteiger partial charge >= 0.3 is 5.97 Å². The molecule has 0 radical (unpaired) electrons. The number of hydrogen-bond donors (Lipinski definition) is 0. The average molecular weight is 407 g/mol. The number of benzene rings is 1. The van der Waals surface area contributed by atoms with Crippen LogP contribution in [0, 0.1) is 25.2 Å². The number of carbonyl (C=O) groups is 2. The quantitative estimate of drug-likeness (QED) is 0.462. The monoisotopic (exact) mass is 406 g/mol. The summed E-state index contributed by atoms with van der Waals surface area (Å²) in [7, 11) is 0. The van der Waals surface area contributed by atoms with Gasteiger partial charge in [-0.1, -0.05) is 11.6 Å². The number of carbonyl (C=O) groups excluding carboxylic acids is 2. The Balaban J connectivity index is 1.71. The van der Waals surface area contributed by atoms with Gasteiger partial charge in [-0.2, -0.15) is 5.26 Å². The SMILES string of the molecule is Cc1csc([C@H](C#N)C(=O)COC(=O)CCCOc2ccc(Cl)cc2C)n1. The second-order valence-electron chi connectivity index (χ2n) is 5.88. The van der Waals surface area contributed by atoms with Gasteiger partial charge in [0.05, 0.1) is 12.7 Å². The highest BCUT2D eigenvalue weighted by Gasteiger charge is 2.24. The molecule has 0 bridgehead atoms. The lowest BCUT2D eigenvalue weighted by Gasteiger charge is -2.09. The zero-order chi connectivity index (χ0) is 19.8. The second kappa shape index (κ2) is 10.0. The van der Waals surface area contributed by atoms with Crippen LogP contribution in [-0.2, 0) is 14.3 Å². The van der Waals surface area contributed by atoms with Gasteiger partial charge in [0.1, 0.15) is 10.8 Å². The minimum atomic E-state index is -1.01. The highest BCUT2D eigenvalue weighted by molar-refractivity contribution is 7.09. The summed E-state index contributed by atoms with van der Waals surface area (Å²) >= 11 is 7.13. The summed E-state index contributed by atoms with van der Waals surface area (Å²) in [5, 5.41) is 12.0. The van der Waals surface area contributed by atoms with Crippen molar-refractivity contribution in [3.8, 4) is 11.8 Å². The van der Waals surface area contributed by atoms with Crippen molar-refractivity contribution in [3.05, 3.63) is 44.9 Å². The zero-order valence-electron chi connectivity index (χ0n) is 15.0. The van der Waals surface area contributed by atoms with Gasteiger partial charge in [-0.25, -0.2) is 4.98 Å². The summed E-state index contributed by atoms with van der Waals surface area (Å²) < 4.78 is 10.6. The van der Waals surface area contributed by atoms with Crippen LogP contribution in [-0.4, -0.2) is 30.0 Å². The molecule has 0 saturated carbocycles. The Morgan fingerprint density at radius 2 is 2.15 bits per heavy atom. The van der Waals surface area contributed by atoms with Crippen LogP contribution in [0.4, 0.5) is 0 Å². The van der Waals surface area contributed by atoms with Crippen molar-refractivity contribution in [1.82, 2.24) is 4.98 Å². The van der Waals surface area contributed by atoms with Gasteiger partial charge in [0.15, 0.2) is 18.3 Å². The third kappa shape index (κ3) is 6.35. The first-order valence-electron chi connectivity index (χ1n) is 8.29. The predicted octanol–water partition coefficient (Wildman–Crippen LogP) is 3.99.